The quantitative estimate of drug-likeness (QED) is 0.869. The maximum atomic E-state index is 12.3. The molecule has 2 N–H and O–H groups in total. The molecule has 132 valence electrons. The number of hydrogen-bond acceptors (Lipinski definition) is 4. The third-order valence-electron chi connectivity index (χ3n) is 4.43. The number of carbonyl (C=O) groups excluding carboxylic acids is 1. The highest BCUT2D eigenvalue weighted by Gasteiger charge is 2.30. The van der Waals surface area contributed by atoms with Gasteiger partial charge in [-0.2, -0.15) is 5.10 Å². The SMILES string of the molecule is CC(C)(C(=O)O)n1cc(NC(=O)CC2OCCc3ccccc32)cn1. The van der Waals surface area contributed by atoms with Crippen LogP contribution >= 0.6 is 0 Å². The van der Waals surface area contributed by atoms with Crippen LogP contribution in [0.2, 0.25) is 0 Å². The van der Waals surface area contributed by atoms with Crippen LogP contribution in [0.1, 0.15) is 37.5 Å². The molecule has 7 nitrogen and oxygen atoms in total. The Morgan fingerprint density at radius 1 is 1.40 bits per heavy atom. The fourth-order valence-electron chi connectivity index (χ4n) is 2.82. The lowest BCUT2D eigenvalue weighted by Crippen LogP contribution is -2.35. The molecule has 2 aromatic rings. The van der Waals surface area contributed by atoms with Crippen LogP contribution in [0, 0.1) is 0 Å². The van der Waals surface area contributed by atoms with Gasteiger partial charge in [-0.15, -0.1) is 0 Å². The van der Waals surface area contributed by atoms with Crippen LogP contribution in [-0.2, 0) is 26.3 Å². The van der Waals surface area contributed by atoms with Crippen LogP contribution in [0.15, 0.2) is 36.7 Å². The predicted molar refractivity (Wildman–Crippen MR) is 91.3 cm³/mol. The van der Waals surface area contributed by atoms with E-state index in [1.54, 1.807) is 13.8 Å². The molecule has 1 amide bonds. The summed E-state index contributed by atoms with van der Waals surface area (Å²) in [5, 5.41) is 16.0. The minimum absolute atomic E-state index is 0.199. The molecular weight excluding hydrogens is 322 g/mol. The lowest BCUT2D eigenvalue weighted by Gasteiger charge is -2.25. The van der Waals surface area contributed by atoms with Gasteiger partial charge in [-0.25, -0.2) is 4.79 Å². The number of carbonyl (C=O) groups is 2. The minimum atomic E-state index is -1.19. The standard InChI is InChI=1S/C18H21N3O4/c1-18(2,17(23)24)21-11-13(10-19-21)20-16(22)9-15-14-6-4-3-5-12(14)7-8-25-15/h3-6,10-11,15H,7-9H2,1-2H3,(H,20,22)(H,23,24). The number of fused-ring (bicyclic) bond motifs is 1. The third-order valence-corrected chi connectivity index (χ3v) is 4.43. The van der Waals surface area contributed by atoms with Gasteiger partial charge in [0.05, 0.1) is 31.0 Å². The van der Waals surface area contributed by atoms with E-state index in [2.05, 4.69) is 16.5 Å². The molecule has 0 saturated heterocycles. The number of amides is 1. The van der Waals surface area contributed by atoms with Crippen LogP contribution < -0.4 is 5.32 Å². The second kappa shape index (κ2) is 6.68. The van der Waals surface area contributed by atoms with Crippen LogP contribution in [0.5, 0.6) is 0 Å². The second-order valence-electron chi connectivity index (χ2n) is 6.60. The Balaban J connectivity index is 1.66. The first kappa shape index (κ1) is 17.2. The van der Waals surface area contributed by atoms with Gasteiger partial charge in [0.25, 0.3) is 0 Å². The maximum absolute atomic E-state index is 12.3. The number of aromatic nitrogens is 2. The zero-order valence-corrected chi connectivity index (χ0v) is 14.2. The van der Waals surface area contributed by atoms with Gasteiger partial charge in [-0.05, 0) is 31.4 Å². The smallest absolute Gasteiger partial charge is 0.331 e. The molecule has 1 atom stereocenters. The second-order valence-corrected chi connectivity index (χ2v) is 6.60. The average Bonchev–Trinajstić information content (AvgIpc) is 3.04. The fraction of sp³-hybridized carbons (Fsp3) is 0.389. The summed E-state index contributed by atoms with van der Waals surface area (Å²) in [6, 6.07) is 7.97. The molecular formula is C18H21N3O4. The van der Waals surface area contributed by atoms with E-state index >= 15 is 0 Å². The number of benzene rings is 1. The molecule has 3 rings (SSSR count). The zero-order valence-electron chi connectivity index (χ0n) is 14.2. The van der Waals surface area contributed by atoms with E-state index in [1.165, 1.54) is 22.6 Å². The Morgan fingerprint density at radius 3 is 2.92 bits per heavy atom. The van der Waals surface area contributed by atoms with Crippen molar-refractivity contribution in [3.63, 3.8) is 0 Å². The largest absolute Gasteiger partial charge is 0.479 e. The predicted octanol–water partition coefficient (Wildman–Crippen LogP) is 2.35. The number of carboxylic acids is 1. The number of nitrogens with zero attached hydrogens (tertiary/aromatic N) is 2. The minimum Gasteiger partial charge on any atom is -0.479 e. The van der Waals surface area contributed by atoms with E-state index < -0.39 is 11.5 Å². The number of rotatable bonds is 5. The summed E-state index contributed by atoms with van der Waals surface area (Å²) in [6.45, 7) is 3.68. The topological polar surface area (TPSA) is 93.5 Å². The highest BCUT2D eigenvalue weighted by molar-refractivity contribution is 5.91. The summed E-state index contributed by atoms with van der Waals surface area (Å²) in [4.78, 5) is 23.6. The highest BCUT2D eigenvalue weighted by Crippen LogP contribution is 2.29. The van der Waals surface area contributed by atoms with Crippen molar-refractivity contribution in [3.8, 4) is 0 Å². The summed E-state index contributed by atoms with van der Waals surface area (Å²) in [6.07, 6.45) is 3.74. The molecule has 0 saturated carbocycles. The summed E-state index contributed by atoms with van der Waals surface area (Å²) in [7, 11) is 0. The molecule has 1 aromatic heterocycles. The molecule has 0 fully saturated rings. The van der Waals surface area contributed by atoms with Gasteiger partial charge in [0.2, 0.25) is 5.91 Å². The molecule has 0 spiro atoms. The van der Waals surface area contributed by atoms with Crippen molar-refractivity contribution in [1.82, 2.24) is 9.78 Å². The van der Waals surface area contributed by atoms with Crippen molar-refractivity contribution >= 4 is 17.6 Å². The fourth-order valence-corrected chi connectivity index (χ4v) is 2.82. The van der Waals surface area contributed by atoms with Crippen molar-refractivity contribution in [2.24, 2.45) is 0 Å². The number of nitrogens with one attached hydrogen (secondary N) is 1. The maximum Gasteiger partial charge on any atom is 0.331 e. The molecule has 7 heteroatoms. The first-order valence-electron chi connectivity index (χ1n) is 8.15. The van der Waals surface area contributed by atoms with Crippen molar-refractivity contribution in [2.45, 2.75) is 38.3 Å². The average molecular weight is 343 g/mol. The van der Waals surface area contributed by atoms with Crippen molar-refractivity contribution in [1.29, 1.82) is 0 Å². The van der Waals surface area contributed by atoms with Gasteiger partial charge >= 0.3 is 5.97 Å². The van der Waals surface area contributed by atoms with Crippen LogP contribution in [-0.4, -0.2) is 33.4 Å². The Morgan fingerprint density at radius 2 is 2.16 bits per heavy atom. The Labute approximate surface area is 145 Å². The molecule has 1 aromatic carbocycles. The summed E-state index contributed by atoms with van der Waals surface area (Å²) < 4.78 is 7.06. The van der Waals surface area contributed by atoms with Crippen molar-refractivity contribution in [2.75, 3.05) is 11.9 Å². The molecule has 1 unspecified atom stereocenters. The van der Waals surface area contributed by atoms with E-state index in [4.69, 9.17) is 4.74 Å². The Kier molecular flexibility index (Phi) is 4.59. The van der Waals surface area contributed by atoms with E-state index in [0.717, 1.165) is 12.0 Å². The normalized spacial score (nSPS) is 17.0. The number of hydrogen-bond donors (Lipinski definition) is 2. The number of aliphatic carboxylic acids is 1. The summed E-state index contributed by atoms with van der Waals surface area (Å²) in [5.74, 6) is -1.20. The number of ether oxygens (including phenoxy) is 1. The van der Waals surface area contributed by atoms with Gasteiger partial charge in [0.1, 0.15) is 0 Å². The third kappa shape index (κ3) is 3.56. The highest BCUT2D eigenvalue weighted by atomic mass is 16.5. The first-order valence-corrected chi connectivity index (χ1v) is 8.15. The van der Waals surface area contributed by atoms with Crippen LogP contribution in [0.25, 0.3) is 0 Å². The monoisotopic (exact) mass is 343 g/mol. The number of carboxylic acid groups (broad SMARTS) is 1. The molecule has 0 radical (unpaired) electrons. The van der Waals surface area contributed by atoms with E-state index in [9.17, 15) is 14.7 Å². The lowest BCUT2D eigenvalue weighted by atomic mass is 9.95. The molecule has 25 heavy (non-hydrogen) atoms. The zero-order chi connectivity index (χ0) is 18.0. The molecule has 2 heterocycles. The Hall–Kier alpha value is -2.67. The van der Waals surface area contributed by atoms with Gasteiger partial charge in [-0.3, -0.25) is 9.48 Å². The van der Waals surface area contributed by atoms with Gasteiger partial charge < -0.3 is 15.2 Å². The van der Waals surface area contributed by atoms with E-state index in [1.807, 2.05) is 18.2 Å². The van der Waals surface area contributed by atoms with Crippen LogP contribution in [0.4, 0.5) is 5.69 Å². The van der Waals surface area contributed by atoms with E-state index in [-0.39, 0.29) is 18.4 Å². The lowest BCUT2D eigenvalue weighted by molar-refractivity contribution is -0.146. The van der Waals surface area contributed by atoms with Gasteiger partial charge in [0.15, 0.2) is 5.54 Å². The summed E-state index contributed by atoms with van der Waals surface area (Å²) in [5.41, 5.74) is 1.53. The summed E-state index contributed by atoms with van der Waals surface area (Å²) >= 11 is 0. The number of anilines is 1. The Bertz CT molecular complexity index is 797. The van der Waals surface area contributed by atoms with Crippen molar-refractivity contribution in [3.05, 3.63) is 47.8 Å². The van der Waals surface area contributed by atoms with Crippen molar-refractivity contribution < 1.29 is 19.4 Å². The molecule has 1 aliphatic heterocycles. The van der Waals surface area contributed by atoms with Gasteiger partial charge in [0, 0.05) is 6.20 Å². The molecule has 0 bridgehead atoms. The van der Waals surface area contributed by atoms with Crippen LogP contribution in [0.3, 0.4) is 0 Å². The molecule has 1 aliphatic rings. The van der Waals surface area contributed by atoms with E-state index in [0.29, 0.717) is 12.3 Å². The first-order chi connectivity index (χ1) is 11.9. The molecule has 0 aliphatic carbocycles. The van der Waals surface area contributed by atoms with Gasteiger partial charge in [-0.1, -0.05) is 24.3 Å².